The largest absolute Gasteiger partial charge is 0.216 e. The molecule has 1 aliphatic carbocycles. The molecule has 0 radical (unpaired) electrons. The third-order valence-corrected chi connectivity index (χ3v) is 3.88. The van der Waals surface area contributed by atoms with Gasteiger partial charge in [-0.25, -0.2) is 4.68 Å². The van der Waals surface area contributed by atoms with Crippen LogP contribution in [-0.4, -0.2) is 15.0 Å². The normalized spacial score (nSPS) is 15.0. The van der Waals surface area contributed by atoms with E-state index in [0.29, 0.717) is 11.6 Å². The summed E-state index contributed by atoms with van der Waals surface area (Å²) in [5.41, 5.74) is 4.88. The Morgan fingerprint density at radius 3 is 2.68 bits per heavy atom. The lowest BCUT2D eigenvalue weighted by molar-refractivity contribution is 0.402. The Bertz CT molecular complexity index is 659. The van der Waals surface area contributed by atoms with Crippen molar-refractivity contribution in [3.8, 4) is 11.8 Å². The zero-order valence-corrected chi connectivity index (χ0v) is 11.2. The van der Waals surface area contributed by atoms with Gasteiger partial charge in [-0.15, -0.1) is 5.10 Å². The van der Waals surface area contributed by atoms with Gasteiger partial charge in [0.05, 0.1) is 11.4 Å². The number of rotatable bonds is 2. The van der Waals surface area contributed by atoms with E-state index in [1.807, 2.05) is 4.68 Å². The molecule has 0 unspecified atom stereocenters. The second kappa shape index (κ2) is 4.51. The van der Waals surface area contributed by atoms with Crippen LogP contribution >= 0.6 is 0 Å². The smallest absolute Gasteiger partial charge is 0.186 e. The summed E-state index contributed by atoms with van der Waals surface area (Å²) in [6, 6.07) is 8.43. The van der Waals surface area contributed by atoms with Crippen LogP contribution in [-0.2, 0) is 0 Å². The predicted octanol–water partition coefficient (Wildman–Crippen LogP) is 3.02. The van der Waals surface area contributed by atoms with Crippen LogP contribution in [0, 0.1) is 25.2 Å². The minimum absolute atomic E-state index is 0.436. The Kier molecular flexibility index (Phi) is 2.83. The van der Waals surface area contributed by atoms with E-state index in [1.54, 1.807) is 0 Å². The molecule has 0 aliphatic heterocycles. The summed E-state index contributed by atoms with van der Waals surface area (Å²) in [6.07, 6.45) is 3.49. The summed E-state index contributed by atoms with van der Waals surface area (Å²) in [5.74, 6) is 0.436. The Hall–Kier alpha value is -2.15. The molecular formula is C15H16N4. The number of hydrogen-bond acceptors (Lipinski definition) is 3. The van der Waals surface area contributed by atoms with Gasteiger partial charge >= 0.3 is 0 Å². The number of hydrogen-bond donors (Lipinski definition) is 0. The van der Waals surface area contributed by atoms with Crippen LogP contribution in [0.15, 0.2) is 18.2 Å². The summed E-state index contributed by atoms with van der Waals surface area (Å²) in [6.45, 7) is 4.15. The van der Waals surface area contributed by atoms with Crippen molar-refractivity contribution < 1.29 is 0 Å². The Morgan fingerprint density at radius 2 is 2.11 bits per heavy atom. The fourth-order valence-corrected chi connectivity index (χ4v) is 2.64. The van der Waals surface area contributed by atoms with Crippen LogP contribution in [0.2, 0.25) is 0 Å². The van der Waals surface area contributed by atoms with Gasteiger partial charge in [0.15, 0.2) is 5.69 Å². The Labute approximate surface area is 112 Å². The molecule has 4 heteroatoms. The van der Waals surface area contributed by atoms with Gasteiger partial charge in [-0.2, -0.15) is 5.26 Å². The van der Waals surface area contributed by atoms with Gasteiger partial charge in [0.1, 0.15) is 6.07 Å². The molecule has 1 saturated carbocycles. The molecule has 0 N–H and O–H groups in total. The minimum atomic E-state index is 0.436. The first-order chi connectivity index (χ1) is 9.20. The molecule has 0 spiro atoms. The van der Waals surface area contributed by atoms with Gasteiger partial charge in [0.2, 0.25) is 0 Å². The maximum atomic E-state index is 9.19. The van der Waals surface area contributed by atoms with Gasteiger partial charge in [-0.3, -0.25) is 0 Å². The molecule has 1 aliphatic rings. The molecule has 0 bridgehead atoms. The van der Waals surface area contributed by atoms with Crippen molar-refractivity contribution in [2.24, 2.45) is 0 Å². The molecule has 4 nitrogen and oxygen atoms in total. The Morgan fingerprint density at radius 1 is 1.32 bits per heavy atom. The minimum Gasteiger partial charge on any atom is -0.216 e. The zero-order chi connectivity index (χ0) is 13.4. The van der Waals surface area contributed by atoms with Crippen molar-refractivity contribution in [2.75, 3.05) is 0 Å². The van der Waals surface area contributed by atoms with Gasteiger partial charge in [-0.1, -0.05) is 29.3 Å². The maximum absolute atomic E-state index is 9.19. The Balaban J connectivity index is 2.14. The SMILES string of the molecule is Cc1ccc(-n2nnc(C#N)c2C2CCC2)c(C)c1. The van der Waals surface area contributed by atoms with E-state index in [9.17, 15) is 5.26 Å². The average Bonchev–Trinajstić information content (AvgIpc) is 2.71. The predicted molar refractivity (Wildman–Crippen MR) is 72.1 cm³/mol. The first kappa shape index (κ1) is 11.9. The molecule has 1 aromatic heterocycles. The molecule has 3 rings (SSSR count). The van der Waals surface area contributed by atoms with Crippen LogP contribution in [0.25, 0.3) is 5.69 Å². The summed E-state index contributed by atoms with van der Waals surface area (Å²) in [7, 11) is 0. The quantitative estimate of drug-likeness (QED) is 0.825. The second-order valence-electron chi connectivity index (χ2n) is 5.26. The molecule has 2 aromatic rings. The van der Waals surface area contributed by atoms with E-state index in [-0.39, 0.29) is 0 Å². The van der Waals surface area contributed by atoms with Gasteiger partial charge in [0, 0.05) is 5.92 Å². The highest BCUT2D eigenvalue weighted by molar-refractivity contribution is 5.45. The summed E-state index contributed by atoms with van der Waals surface area (Å²) in [4.78, 5) is 0. The van der Waals surface area contributed by atoms with Gasteiger partial charge in [-0.05, 0) is 38.3 Å². The summed E-state index contributed by atoms with van der Waals surface area (Å²) < 4.78 is 1.86. The lowest BCUT2D eigenvalue weighted by Crippen LogP contribution is -2.16. The maximum Gasteiger partial charge on any atom is 0.186 e. The van der Waals surface area contributed by atoms with Crippen LogP contribution in [0.3, 0.4) is 0 Å². The highest BCUT2D eigenvalue weighted by atomic mass is 15.4. The molecule has 0 saturated heterocycles. The number of nitrogens with zero attached hydrogens (tertiary/aromatic N) is 4. The van der Waals surface area contributed by atoms with Crippen LogP contribution in [0.1, 0.15) is 47.7 Å². The first-order valence-corrected chi connectivity index (χ1v) is 6.64. The number of benzene rings is 1. The molecule has 19 heavy (non-hydrogen) atoms. The highest BCUT2D eigenvalue weighted by Gasteiger charge is 2.28. The third-order valence-electron chi connectivity index (χ3n) is 3.88. The second-order valence-corrected chi connectivity index (χ2v) is 5.26. The summed E-state index contributed by atoms with van der Waals surface area (Å²) in [5, 5.41) is 17.4. The van der Waals surface area contributed by atoms with E-state index in [1.165, 1.54) is 12.0 Å². The van der Waals surface area contributed by atoms with E-state index in [2.05, 4.69) is 48.4 Å². The monoisotopic (exact) mass is 252 g/mol. The van der Waals surface area contributed by atoms with Crippen molar-refractivity contribution in [2.45, 2.75) is 39.0 Å². The van der Waals surface area contributed by atoms with Crippen molar-refractivity contribution >= 4 is 0 Å². The van der Waals surface area contributed by atoms with Gasteiger partial charge in [0.25, 0.3) is 0 Å². The highest BCUT2D eigenvalue weighted by Crippen LogP contribution is 2.38. The fourth-order valence-electron chi connectivity index (χ4n) is 2.64. The average molecular weight is 252 g/mol. The topological polar surface area (TPSA) is 54.5 Å². The zero-order valence-electron chi connectivity index (χ0n) is 11.2. The van der Waals surface area contributed by atoms with E-state index in [4.69, 9.17) is 0 Å². The van der Waals surface area contributed by atoms with Crippen LogP contribution < -0.4 is 0 Å². The molecule has 96 valence electrons. The molecule has 1 aromatic carbocycles. The van der Waals surface area contributed by atoms with E-state index >= 15 is 0 Å². The molecule has 0 amide bonds. The van der Waals surface area contributed by atoms with E-state index in [0.717, 1.165) is 29.8 Å². The number of aromatic nitrogens is 3. The van der Waals surface area contributed by atoms with Gasteiger partial charge < -0.3 is 0 Å². The molecule has 1 fully saturated rings. The summed E-state index contributed by atoms with van der Waals surface area (Å²) >= 11 is 0. The lowest BCUT2D eigenvalue weighted by Gasteiger charge is -2.26. The van der Waals surface area contributed by atoms with E-state index < -0.39 is 0 Å². The van der Waals surface area contributed by atoms with Crippen molar-refractivity contribution in [1.82, 2.24) is 15.0 Å². The fraction of sp³-hybridized carbons (Fsp3) is 0.400. The molecule has 0 atom stereocenters. The van der Waals surface area contributed by atoms with Crippen molar-refractivity contribution in [3.05, 3.63) is 40.7 Å². The molecule has 1 heterocycles. The third kappa shape index (κ3) is 1.91. The number of aryl methyl sites for hydroxylation is 2. The lowest BCUT2D eigenvalue weighted by atomic mass is 9.82. The van der Waals surface area contributed by atoms with Crippen molar-refractivity contribution in [3.63, 3.8) is 0 Å². The van der Waals surface area contributed by atoms with Crippen LogP contribution in [0.5, 0.6) is 0 Å². The molecular weight excluding hydrogens is 236 g/mol. The van der Waals surface area contributed by atoms with Crippen molar-refractivity contribution in [1.29, 1.82) is 5.26 Å². The first-order valence-electron chi connectivity index (χ1n) is 6.64. The standard InChI is InChI=1S/C15H16N4/c1-10-6-7-14(11(2)8-10)19-15(12-4-3-5-12)13(9-16)17-18-19/h6-8,12H,3-5H2,1-2H3. The van der Waals surface area contributed by atoms with Crippen LogP contribution in [0.4, 0.5) is 0 Å². The number of nitriles is 1.